The number of H-pyrrole nitrogens is 1. The number of fused-ring (bicyclic) bond motifs is 1. The van der Waals surface area contributed by atoms with E-state index in [2.05, 4.69) is 25.5 Å². The molecule has 1 aliphatic rings. The molecular formula is C19H21N5O2. The van der Waals surface area contributed by atoms with E-state index in [0.717, 1.165) is 42.5 Å². The van der Waals surface area contributed by atoms with Crippen LogP contribution in [0.3, 0.4) is 0 Å². The molecule has 0 atom stereocenters. The molecular weight excluding hydrogens is 330 g/mol. The van der Waals surface area contributed by atoms with Crippen molar-refractivity contribution in [1.29, 1.82) is 0 Å². The van der Waals surface area contributed by atoms with Crippen LogP contribution in [0.25, 0.3) is 11.0 Å². The zero-order valence-corrected chi connectivity index (χ0v) is 14.6. The number of ether oxygens (including phenoxy) is 1. The molecule has 7 heteroatoms. The van der Waals surface area contributed by atoms with Crippen LogP contribution in [0.2, 0.25) is 0 Å². The number of pyridine rings is 2. The lowest BCUT2D eigenvalue weighted by atomic mass is 9.92. The van der Waals surface area contributed by atoms with E-state index >= 15 is 0 Å². The zero-order valence-electron chi connectivity index (χ0n) is 14.6. The fourth-order valence-corrected chi connectivity index (χ4v) is 3.31. The predicted molar refractivity (Wildman–Crippen MR) is 97.0 cm³/mol. The van der Waals surface area contributed by atoms with E-state index in [1.54, 1.807) is 18.5 Å². The first-order valence-corrected chi connectivity index (χ1v) is 8.88. The minimum Gasteiger partial charge on any atom is -0.489 e. The highest BCUT2D eigenvalue weighted by Gasteiger charge is 2.24. The largest absolute Gasteiger partial charge is 0.489 e. The number of aromatic amines is 1. The fraction of sp³-hybridized carbons (Fsp3) is 0.368. The molecule has 0 bridgehead atoms. The lowest BCUT2D eigenvalue weighted by molar-refractivity contribution is 0.0888. The number of amides is 1. The maximum Gasteiger partial charge on any atom is 0.270 e. The van der Waals surface area contributed by atoms with Crippen molar-refractivity contribution in [3.63, 3.8) is 0 Å². The van der Waals surface area contributed by atoms with E-state index in [-0.39, 0.29) is 18.1 Å². The Labute approximate surface area is 151 Å². The Kier molecular flexibility index (Phi) is 4.51. The smallest absolute Gasteiger partial charge is 0.270 e. The van der Waals surface area contributed by atoms with Crippen molar-refractivity contribution < 1.29 is 9.53 Å². The van der Waals surface area contributed by atoms with Gasteiger partial charge in [-0.05, 0) is 56.9 Å². The molecule has 0 saturated heterocycles. The maximum absolute atomic E-state index is 12.4. The highest BCUT2D eigenvalue weighted by molar-refractivity contribution is 5.94. The van der Waals surface area contributed by atoms with Crippen LogP contribution < -0.4 is 10.1 Å². The molecule has 0 aromatic carbocycles. The third kappa shape index (κ3) is 3.51. The second kappa shape index (κ2) is 7.11. The minimum atomic E-state index is -0.144. The van der Waals surface area contributed by atoms with Gasteiger partial charge in [0.2, 0.25) is 0 Å². The van der Waals surface area contributed by atoms with E-state index in [0.29, 0.717) is 11.3 Å². The second-order valence-electron chi connectivity index (χ2n) is 6.66. The summed E-state index contributed by atoms with van der Waals surface area (Å²) in [5.74, 6) is 0.700. The predicted octanol–water partition coefficient (Wildman–Crippen LogP) is 2.78. The summed E-state index contributed by atoms with van der Waals surface area (Å²) in [6.07, 6.45) is 7.23. The van der Waals surface area contributed by atoms with Gasteiger partial charge in [0.15, 0.2) is 5.65 Å². The van der Waals surface area contributed by atoms with E-state index < -0.39 is 0 Å². The van der Waals surface area contributed by atoms with Gasteiger partial charge in [-0.1, -0.05) is 0 Å². The first-order chi connectivity index (χ1) is 12.7. The van der Waals surface area contributed by atoms with Crippen molar-refractivity contribution in [1.82, 2.24) is 25.5 Å². The van der Waals surface area contributed by atoms with E-state index in [1.807, 2.05) is 25.1 Å². The van der Waals surface area contributed by atoms with Crippen LogP contribution in [0.1, 0.15) is 41.9 Å². The summed E-state index contributed by atoms with van der Waals surface area (Å²) in [6.45, 7) is 1.95. The van der Waals surface area contributed by atoms with Crippen molar-refractivity contribution in [3.8, 4) is 5.75 Å². The van der Waals surface area contributed by atoms with Gasteiger partial charge in [-0.3, -0.25) is 14.9 Å². The van der Waals surface area contributed by atoms with Crippen molar-refractivity contribution >= 4 is 16.9 Å². The molecule has 26 heavy (non-hydrogen) atoms. The van der Waals surface area contributed by atoms with Crippen LogP contribution in [-0.2, 0) is 0 Å². The van der Waals surface area contributed by atoms with Crippen molar-refractivity contribution in [2.75, 3.05) is 0 Å². The highest BCUT2D eigenvalue weighted by atomic mass is 16.5. The molecule has 3 aromatic heterocycles. The molecule has 3 aromatic rings. The minimum absolute atomic E-state index is 0.144. The number of aryl methyl sites for hydroxylation is 1. The van der Waals surface area contributed by atoms with Crippen LogP contribution in [0, 0.1) is 6.92 Å². The zero-order chi connectivity index (χ0) is 17.9. The van der Waals surface area contributed by atoms with Gasteiger partial charge >= 0.3 is 0 Å². The Balaban J connectivity index is 1.32. The molecule has 0 aliphatic heterocycles. The van der Waals surface area contributed by atoms with Crippen LogP contribution in [0.15, 0.2) is 36.7 Å². The van der Waals surface area contributed by atoms with Gasteiger partial charge in [0.05, 0.1) is 18.0 Å². The van der Waals surface area contributed by atoms with Crippen LogP contribution in [0.4, 0.5) is 0 Å². The summed E-state index contributed by atoms with van der Waals surface area (Å²) in [6, 6.07) is 7.57. The molecule has 0 unspecified atom stereocenters. The first-order valence-electron chi connectivity index (χ1n) is 8.88. The summed E-state index contributed by atoms with van der Waals surface area (Å²) in [7, 11) is 0. The molecule has 2 N–H and O–H groups in total. The molecule has 1 fully saturated rings. The van der Waals surface area contributed by atoms with Crippen molar-refractivity contribution in [2.45, 2.75) is 44.8 Å². The normalized spacial score (nSPS) is 20.0. The summed E-state index contributed by atoms with van der Waals surface area (Å²) in [5, 5.41) is 10.7. The Bertz CT molecular complexity index is 915. The number of aromatic nitrogens is 4. The number of rotatable bonds is 4. The van der Waals surface area contributed by atoms with Crippen molar-refractivity contribution in [3.05, 3.63) is 48.0 Å². The van der Waals surface area contributed by atoms with Crippen LogP contribution in [0.5, 0.6) is 5.75 Å². The Hall–Kier alpha value is -2.96. The standard InChI is InChI=1S/C19H21N5O2/c1-12-17(3-2-10-20-12)26-15-7-5-14(6-8-15)22-19(25)16-9-4-13-11-21-24-18(13)23-16/h2-4,9-11,14-15H,5-8H2,1H3,(H,22,25)(H,21,23,24). The molecule has 7 nitrogen and oxygen atoms in total. The lowest BCUT2D eigenvalue weighted by Gasteiger charge is -2.29. The SMILES string of the molecule is Cc1ncccc1OC1CCC(NC(=O)c2ccc3cn[nH]c3n2)CC1. The van der Waals surface area contributed by atoms with Gasteiger partial charge in [0, 0.05) is 17.6 Å². The van der Waals surface area contributed by atoms with E-state index in [1.165, 1.54) is 0 Å². The average molecular weight is 351 g/mol. The number of nitrogens with zero attached hydrogens (tertiary/aromatic N) is 3. The van der Waals surface area contributed by atoms with Crippen LogP contribution in [-0.4, -0.2) is 38.2 Å². The lowest BCUT2D eigenvalue weighted by Crippen LogP contribution is -2.40. The number of carbonyl (C=O) groups excluding carboxylic acids is 1. The van der Waals surface area contributed by atoms with E-state index in [9.17, 15) is 4.79 Å². The monoisotopic (exact) mass is 351 g/mol. The molecule has 1 saturated carbocycles. The van der Waals surface area contributed by atoms with Crippen molar-refractivity contribution in [2.24, 2.45) is 0 Å². The second-order valence-corrected chi connectivity index (χ2v) is 6.66. The molecule has 134 valence electrons. The first kappa shape index (κ1) is 16.5. The third-order valence-corrected chi connectivity index (χ3v) is 4.79. The Morgan fingerprint density at radius 2 is 2.08 bits per heavy atom. The number of carbonyl (C=O) groups is 1. The summed E-state index contributed by atoms with van der Waals surface area (Å²) in [4.78, 5) is 21.0. The number of nitrogens with one attached hydrogen (secondary N) is 2. The summed E-state index contributed by atoms with van der Waals surface area (Å²) >= 11 is 0. The summed E-state index contributed by atoms with van der Waals surface area (Å²) < 4.78 is 6.06. The third-order valence-electron chi connectivity index (χ3n) is 4.79. The Morgan fingerprint density at radius 3 is 2.88 bits per heavy atom. The van der Waals surface area contributed by atoms with Gasteiger partial charge in [0.1, 0.15) is 11.4 Å². The molecule has 1 aliphatic carbocycles. The average Bonchev–Trinajstić information content (AvgIpc) is 3.13. The number of hydrogen-bond donors (Lipinski definition) is 2. The molecule has 3 heterocycles. The topological polar surface area (TPSA) is 92.8 Å². The molecule has 4 rings (SSSR count). The summed E-state index contributed by atoms with van der Waals surface area (Å²) in [5.41, 5.74) is 1.94. The van der Waals surface area contributed by atoms with E-state index in [4.69, 9.17) is 4.74 Å². The van der Waals surface area contributed by atoms with Gasteiger partial charge in [-0.2, -0.15) is 5.10 Å². The maximum atomic E-state index is 12.4. The Morgan fingerprint density at radius 1 is 1.23 bits per heavy atom. The quantitative estimate of drug-likeness (QED) is 0.754. The van der Waals surface area contributed by atoms with Gasteiger partial charge in [-0.25, -0.2) is 4.98 Å². The van der Waals surface area contributed by atoms with Gasteiger partial charge < -0.3 is 10.1 Å². The van der Waals surface area contributed by atoms with Gasteiger partial charge in [0.25, 0.3) is 5.91 Å². The van der Waals surface area contributed by atoms with Crippen LogP contribution >= 0.6 is 0 Å². The number of hydrogen-bond acceptors (Lipinski definition) is 5. The fourth-order valence-electron chi connectivity index (χ4n) is 3.31. The molecule has 0 radical (unpaired) electrons. The van der Waals surface area contributed by atoms with Gasteiger partial charge in [-0.15, -0.1) is 0 Å². The molecule has 0 spiro atoms. The molecule has 1 amide bonds. The highest BCUT2D eigenvalue weighted by Crippen LogP contribution is 2.25.